The summed E-state index contributed by atoms with van der Waals surface area (Å²) >= 11 is 6.13. The number of sulfone groups is 1. The lowest BCUT2D eigenvalue weighted by Gasteiger charge is -2.12. The smallest absolute Gasteiger partial charge is 0.210 e. The Bertz CT molecular complexity index is 1320. The van der Waals surface area contributed by atoms with Crippen LogP contribution in [0.5, 0.6) is 23.0 Å². The maximum Gasteiger partial charge on any atom is 0.210 e. The number of H-pyrrole nitrogens is 1. The summed E-state index contributed by atoms with van der Waals surface area (Å²) < 4.78 is 31.8. The molecule has 0 atom stereocenters. The highest BCUT2D eigenvalue weighted by Gasteiger charge is 2.25. The van der Waals surface area contributed by atoms with Gasteiger partial charge in [0.15, 0.2) is 5.75 Å². The fraction of sp³-hybridized carbons (Fsp3) is 0. The Kier molecular flexibility index (Phi) is 5.11. The molecule has 30 heavy (non-hydrogen) atoms. The Morgan fingerprint density at radius 3 is 2.33 bits per heavy atom. The fourth-order valence-corrected chi connectivity index (χ4v) is 4.44. The van der Waals surface area contributed by atoms with Gasteiger partial charge in [-0.3, -0.25) is 5.10 Å². The second kappa shape index (κ2) is 7.74. The summed E-state index contributed by atoms with van der Waals surface area (Å²) in [6.45, 7) is 0. The van der Waals surface area contributed by atoms with Crippen LogP contribution in [-0.4, -0.2) is 28.8 Å². The van der Waals surface area contributed by atoms with Gasteiger partial charge < -0.3 is 14.9 Å². The molecule has 1 heterocycles. The minimum atomic E-state index is -4.04. The number of nitrogens with one attached hydrogen (secondary N) is 1. The van der Waals surface area contributed by atoms with Crippen molar-refractivity contribution in [3.8, 4) is 34.3 Å². The lowest BCUT2D eigenvalue weighted by atomic mass is 10.1. The molecule has 0 amide bonds. The predicted octanol–water partition coefficient (Wildman–Crippen LogP) is 4.77. The lowest BCUT2D eigenvalue weighted by molar-refractivity contribution is 0.440. The standard InChI is InChI=1S/C21H15ClN2O5S/c22-15-8-4-5-9-18(15)29-19-12-23-24-21(19)14-10-20(17(26)11-16(14)25)30(27,28)13-6-2-1-3-7-13/h1-12,25-26H,(H,23,24). The number of halogens is 1. The molecule has 0 aliphatic carbocycles. The highest BCUT2D eigenvalue weighted by atomic mass is 35.5. The van der Waals surface area contributed by atoms with Crippen molar-refractivity contribution in [1.82, 2.24) is 10.2 Å². The van der Waals surface area contributed by atoms with Gasteiger partial charge in [0.1, 0.15) is 27.8 Å². The zero-order valence-corrected chi connectivity index (χ0v) is 16.9. The van der Waals surface area contributed by atoms with Crippen LogP contribution in [0.15, 0.2) is 82.7 Å². The SMILES string of the molecule is O=S(=O)(c1ccccc1)c1cc(-c2[nH]ncc2Oc2ccccc2Cl)c(O)cc1O. The van der Waals surface area contributed by atoms with Gasteiger partial charge in [0, 0.05) is 11.6 Å². The van der Waals surface area contributed by atoms with Gasteiger partial charge in [-0.1, -0.05) is 41.9 Å². The van der Waals surface area contributed by atoms with E-state index in [1.807, 2.05) is 0 Å². The molecule has 3 N–H and O–H groups in total. The first-order valence-electron chi connectivity index (χ1n) is 8.70. The van der Waals surface area contributed by atoms with Gasteiger partial charge in [0.05, 0.1) is 16.1 Å². The number of benzene rings is 3. The maximum absolute atomic E-state index is 13.0. The van der Waals surface area contributed by atoms with Gasteiger partial charge in [-0.15, -0.1) is 0 Å². The number of phenolic OH excluding ortho intramolecular Hbond substituents is 2. The summed E-state index contributed by atoms with van der Waals surface area (Å²) in [4.78, 5) is -0.353. The molecule has 0 fully saturated rings. The number of aromatic amines is 1. The molecule has 0 unspecified atom stereocenters. The van der Waals surface area contributed by atoms with E-state index >= 15 is 0 Å². The van der Waals surface area contributed by atoms with Crippen molar-refractivity contribution in [3.05, 3.63) is 77.9 Å². The molecule has 0 aliphatic rings. The minimum absolute atomic E-state index is 0.00842. The van der Waals surface area contributed by atoms with E-state index in [1.54, 1.807) is 42.5 Å². The molecule has 152 valence electrons. The van der Waals surface area contributed by atoms with Crippen LogP contribution < -0.4 is 4.74 Å². The Balaban J connectivity index is 1.82. The molecule has 0 aliphatic heterocycles. The molecule has 0 saturated carbocycles. The van der Waals surface area contributed by atoms with Crippen molar-refractivity contribution in [3.63, 3.8) is 0 Å². The highest BCUT2D eigenvalue weighted by molar-refractivity contribution is 7.91. The fourth-order valence-electron chi connectivity index (χ4n) is 2.89. The van der Waals surface area contributed by atoms with Crippen molar-refractivity contribution in [2.75, 3.05) is 0 Å². The van der Waals surface area contributed by atoms with Gasteiger partial charge in [-0.05, 0) is 30.3 Å². The minimum Gasteiger partial charge on any atom is -0.507 e. The van der Waals surface area contributed by atoms with Gasteiger partial charge in [0.2, 0.25) is 9.84 Å². The van der Waals surface area contributed by atoms with E-state index in [1.165, 1.54) is 24.4 Å². The highest BCUT2D eigenvalue weighted by Crippen LogP contribution is 2.42. The van der Waals surface area contributed by atoms with Gasteiger partial charge in [0.25, 0.3) is 0 Å². The molecule has 0 radical (unpaired) electrons. The summed E-state index contributed by atoms with van der Waals surface area (Å²) in [6.07, 6.45) is 1.37. The summed E-state index contributed by atoms with van der Waals surface area (Å²) in [6, 6.07) is 16.6. The molecule has 4 aromatic rings. The Morgan fingerprint density at radius 1 is 0.900 bits per heavy atom. The van der Waals surface area contributed by atoms with Crippen molar-refractivity contribution < 1.29 is 23.4 Å². The zero-order valence-electron chi connectivity index (χ0n) is 15.3. The normalized spacial score (nSPS) is 11.4. The van der Waals surface area contributed by atoms with Crippen LogP contribution in [0.25, 0.3) is 11.3 Å². The predicted molar refractivity (Wildman–Crippen MR) is 111 cm³/mol. The molecule has 9 heteroatoms. The van der Waals surface area contributed by atoms with Crippen LogP contribution >= 0.6 is 11.6 Å². The monoisotopic (exact) mass is 442 g/mol. The molecule has 4 rings (SSSR count). The molecule has 0 spiro atoms. The molecule has 7 nitrogen and oxygen atoms in total. The Hall–Kier alpha value is -3.49. The molecular weight excluding hydrogens is 428 g/mol. The summed E-state index contributed by atoms with van der Waals surface area (Å²) in [5, 5.41) is 27.6. The lowest BCUT2D eigenvalue weighted by Crippen LogP contribution is -2.03. The van der Waals surface area contributed by atoms with E-state index in [-0.39, 0.29) is 32.5 Å². The van der Waals surface area contributed by atoms with Crippen LogP contribution in [0.4, 0.5) is 0 Å². The Morgan fingerprint density at radius 2 is 1.60 bits per heavy atom. The van der Waals surface area contributed by atoms with Crippen LogP contribution in [0, 0.1) is 0 Å². The summed E-state index contributed by atoms with van der Waals surface area (Å²) in [5.74, 6) is -0.356. The third-order valence-electron chi connectivity index (χ3n) is 4.35. The first-order valence-corrected chi connectivity index (χ1v) is 10.6. The second-order valence-corrected chi connectivity index (χ2v) is 8.62. The van der Waals surface area contributed by atoms with Crippen LogP contribution in [0.1, 0.15) is 0 Å². The van der Waals surface area contributed by atoms with Gasteiger partial charge in [-0.2, -0.15) is 5.10 Å². The van der Waals surface area contributed by atoms with Crippen molar-refractivity contribution in [2.45, 2.75) is 9.79 Å². The van der Waals surface area contributed by atoms with E-state index in [4.69, 9.17) is 16.3 Å². The molecule has 0 bridgehead atoms. The number of hydrogen-bond acceptors (Lipinski definition) is 6. The number of aromatic nitrogens is 2. The number of para-hydroxylation sites is 1. The van der Waals surface area contributed by atoms with E-state index in [0.717, 1.165) is 6.07 Å². The first-order chi connectivity index (χ1) is 14.4. The number of hydrogen-bond donors (Lipinski definition) is 3. The van der Waals surface area contributed by atoms with E-state index in [2.05, 4.69) is 10.2 Å². The number of nitrogens with zero attached hydrogens (tertiary/aromatic N) is 1. The van der Waals surface area contributed by atoms with Crippen LogP contribution in [0.3, 0.4) is 0 Å². The van der Waals surface area contributed by atoms with Crippen LogP contribution in [0.2, 0.25) is 5.02 Å². The second-order valence-electron chi connectivity index (χ2n) is 6.30. The van der Waals surface area contributed by atoms with Gasteiger partial charge >= 0.3 is 0 Å². The third kappa shape index (κ3) is 3.58. The average Bonchev–Trinajstić information content (AvgIpc) is 3.18. The zero-order chi connectivity index (χ0) is 21.3. The third-order valence-corrected chi connectivity index (χ3v) is 6.46. The van der Waals surface area contributed by atoms with Gasteiger partial charge in [-0.25, -0.2) is 8.42 Å². The molecule has 3 aromatic carbocycles. The van der Waals surface area contributed by atoms with Crippen molar-refractivity contribution in [1.29, 1.82) is 0 Å². The van der Waals surface area contributed by atoms with E-state index in [9.17, 15) is 18.6 Å². The maximum atomic E-state index is 13.0. The topological polar surface area (TPSA) is 113 Å². The molecule has 0 saturated heterocycles. The number of rotatable bonds is 5. The van der Waals surface area contributed by atoms with E-state index < -0.39 is 15.6 Å². The number of aromatic hydroxyl groups is 2. The number of phenols is 2. The van der Waals surface area contributed by atoms with E-state index in [0.29, 0.717) is 10.8 Å². The summed E-state index contributed by atoms with van der Waals surface area (Å²) in [5.41, 5.74) is 0.304. The average molecular weight is 443 g/mol. The Labute approximate surface area is 177 Å². The largest absolute Gasteiger partial charge is 0.507 e. The molecular formula is C21H15ClN2O5S. The first kappa shape index (κ1) is 19.8. The number of ether oxygens (including phenoxy) is 1. The quantitative estimate of drug-likeness (QED) is 0.410. The van der Waals surface area contributed by atoms with Crippen molar-refractivity contribution >= 4 is 21.4 Å². The van der Waals surface area contributed by atoms with Crippen molar-refractivity contribution in [2.24, 2.45) is 0 Å². The van der Waals surface area contributed by atoms with Crippen LogP contribution in [-0.2, 0) is 9.84 Å². The molecule has 1 aromatic heterocycles. The summed E-state index contributed by atoms with van der Waals surface area (Å²) in [7, 11) is -4.04.